The van der Waals surface area contributed by atoms with E-state index in [-0.39, 0.29) is 12.5 Å². The summed E-state index contributed by atoms with van der Waals surface area (Å²) in [5, 5.41) is 15.8. The fraction of sp³-hybridized carbons (Fsp3) is 0.357. The minimum absolute atomic E-state index is 0.00692. The van der Waals surface area contributed by atoms with E-state index < -0.39 is 0 Å². The SMILES string of the molecule is O=C(CCn1cncn1)NCCc1ccc(CO)cc1. The van der Waals surface area contributed by atoms with Crippen molar-refractivity contribution in [2.75, 3.05) is 6.54 Å². The average molecular weight is 274 g/mol. The van der Waals surface area contributed by atoms with E-state index in [0.717, 1.165) is 17.5 Å². The van der Waals surface area contributed by atoms with Gasteiger partial charge in [-0.1, -0.05) is 24.3 Å². The van der Waals surface area contributed by atoms with E-state index in [1.54, 1.807) is 11.0 Å². The summed E-state index contributed by atoms with van der Waals surface area (Å²) in [6, 6.07) is 7.71. The number of hydrogen-bond acceptors (Lipinski definition) is 4. The van der Waals surface area contributed by atoms with Gasteiger partial charge in [0.1, 0.15) is 12.7 Å². The van der Waals surface area contributed by atoms with Crippen molar-refractivity contribution >= 4 is 5.91 Å². The highest BCUT2D eigenvalue weighted by molar-refractivity contribution is 5.75. The Bertz CT molecular complexity index is 523. The Kier molecular flexibility index (Phi) is 5.25. The molecule has 20 heavy (non-hydrogen) atoms. The monoisotopic (exact) mass is 274 g/mol. The zero-order chi connectivity index (χ0) is 14.2. The second kappa shape index (κ2) is 7.40. The van der Waals surface area contributed by atoms with E-state index in [4.69, 9.17) is 5.11 Å². The lowest BCUT2D eigenvalue weighted by Gasteiger charge is -2.06. The van der Waals surface area contributed by atoms with Crippen molar-refractivity contribution in [2.24, 2.45) is 0 Å². The second-order valence-corrected chi connectivity index (χ2v) is 4.48. The van der Waals surface area contributed by atoms with Gasteiger partial charge >= 0.3 is 0 Å². The Morgan fingerprint density at radius 2 is 2.00 bits per heavy atom. The van der Waals surface area contributed by atoms with Crippen molar-refractivity contribution in [1.82, 2.24) is 20.1 Å². The summed E-state index contributed by atoms with van der Waals surface area (Å²) in [5.41, 5.74) is 2.03. The smallest absolute Gasteiger partial charge is 0.221 e. The molecule has 2 rings (SSSR count). The number of aromatic nitrogens is 3. The van der Waals surface area contributed by atoms with Crippen LogP contribution in [0.2, 0.25) is 0 Å². The van der Waals surface area contributed by atoms with Gasteiger partial charge in [-0.25, -0.2) is 4.98 Å². The summed E-state index contributed by atoms with van der Waals surface area (Å²) in [6.45, 7) is 1.20. The van der Waals surface area contributed by atoms with Gasteiger partial charge in [0, 0.05) is 13.0 Å². The van der Waals surface area contributed by atoms with E-state index in [2.05, 4.69) is 15.4 Å². The molecule has 2 aromatic rings. The molecule has 0 bridgehead atoms. The molecule has 0 fully saturated rings. The van der Waals surface area contributed by atoms with Crippen LogP contribution in [-0.4, -0.2) is 32.3 Å². The highest BCUT2D eigenvalue weighted by atomic mass is 16.3. The average Bonchev–Trinajstić information content (AvgIpc) is 2.99. The van der Waals surface area contributed by atoms with E-state index in [0.29, 0.717) is 19.5 Å². The normalized spacial score (nSPS) is 10.4. The van der Waals surface area contributed by atoms with Crippen LogP contribution in [0.5, 0.6) is 0 Å². The van der Waals surface area contributed by atoms with Crippen LogP contribution in [-0.2, 0) is 24.4 Å². The van der Waals surface area contributed by atoms with Crippen molar-refractivity contribution in [2.45, 2.75) is 26.0 Å². The fourth-order valence-electron chi connectivity index (χ4n) is 1.81. The summed E-state index contributed by atoms with van der Waals surface area (Å²) in [7, 11) is 0. The van der Waals surface area contributed by atoms with E-state index in [1.165, 1.54) is 6.33 Å². The first-order valence-corrected chi connectivity index (χ1v) is 6.55. The van der Waals surface area contributed by atoms with Crippen molar-refractivity contribution < 1.29 is 9.90 Å². The van der Waals surface area contributed by atoms with Crippen LogP contribution < -0.4 is 5.32 Å². The molecular formula is C14H18N4O2. The van der Waals surface area contributed by atoms with Crippen LogP contribution in [0.25, 0.3) is 0 Å². The number of benzene rings is 1. The maximum atomic E-state index is 11.6. The third kappa shape index (κ3) is 4.47. The maximum Gasteiger partial charge on any atom is 0.221 e. The minimum Gasteiger partial charge on any atom is -0.392 e. The molecule has 1 aromatic heterocycles. The number of aryl methyl sites for hydroxylation is 1. The Labute approximate surface area is 117 Å². The van der Waals surface area contributed by atoms with Gasteiger partial charge in [-0.3, -0.25) is 9.48 Å². The van der Waals surface area contributed by atoms with Gasteiger partial charge in [0.15, 0.2) is 0 Å². The van der Waals surface area contributed by atoms with Gasteiger partial charge in [-0.2, -0.15) is 5.10 Å². The number of rotatable bonds is 7. The molecule has 0 saturated heterocycles. The zero-order valence-electron chi connectivity index (χ0n) is 11.2. The third-order valence-electron chi connectivity index (χ3n) is 2.98. The highest BCUT2D eigenvalue weighted by Crippen LogP contribution is 2.04. The van der Waals surface area contributed by atoms with Crippen molar-refractivity contribution in [3.8, 4) is 0 Å². The van der Waals surface area contributed by atoms with Gasteiger partial charge in [0.05, 0.1) is 13.2 Å². The minimum atomic E-state index is 0.00692. The summed E-state index contributed by atoms with van der Waals surface area (Å²) >= 11 is 0. The lowest BCUT2D eigenvalue weighted by atomic mass is 10.1. The van der Waals surface area contributed by atoms with Crippen LogP contribution in [0.3, 0.4) is 0 Å². The standard InChI is InChI=1S/C14H18N4O2/c19-9-13-3-1-12(2-4-13)5-7-16-14(20)6-8-18-11-15-10-17-18/h1-4,10-11,19H,5-9H2,(H,16,20). The lowest BCUT2D eigenvalue weighted by molar-refractivity contribution is -0.121. The molecule has 0 spiro atoms. The van der Waals surface area contributed by atoms with Crippen molar-refractivity contribution in [3.63, 3.8) is 0 Å². The van der Waals surface area contributed by atoms with Crippen LogP contribution in [0.15, 0.2) is 36.9 Å². The molecule has 2 N–H and O–H groups in total. The molecule has 0 unspecified atom stereocenters. The number of aliphatic hydroxyl groups excluding tert-OH is 1. The molecule has 6 heteroatoms. The number of hydrogen-bond donors (Lipinski definition) is 2. The number of aliphatic hydroxyl groups is 1. The van der Waals surface area contributed by atoms with Gasteiger partial charge < -0.3 is 10.4 Å². The van der Waals surface area contributed by atoms with Gasteiger partial charge in [-0.15, -0.1) is 0 Å². The number of nitrogens with one attached hydrogen (secondary N) is 1. The molecule has 0 aliphatic carbocycles. The lowest BCUT2D eigenvalue weighted by Crippen LogP contribution is -2.26. The molecule has 0 aliphatic heterocycles. The third-order valence-corrected chi connectivity index (χ3v) is 2.98. The highest BCUT2D eigenvalue weighted by Gasteiger charge is 2.02. The van der Waals surface area contributed by atoms with Crippen LogP contribution >= 0.6 is 0 Å². The second-order valence-electron chi connectivity index (χ2n) is 4.48. The molecule has 6 nitrogen and oxygen atoms in total. The van der Waals surface area contributed by atoms with E-state index >= 15 is 0 Å². The quantitative estimate of drug-likeness (QED) is 0.771. The first-order chi connectivity index (χ1) is 9.78. The summed E-state index contributed by atoms with van der Waals surface area (Å²) in [5.74, 6) is 0.00692. The number of carbonyl (C=O) groups is 1. The molecule has 1 heterocycles. The number of carbonyl (C=O) groups excluding carboxylic acids is 1. The number of nitrogens with zero attached hydrogens (tertiary/aromatic N) is 3. The van der Waals surface area contributed by atoms with Gasteiger partial charge in [-0.05, 0) is 17.5 Å². The van der Waals surface area contributed by atoms with Crippen molar-refractivity contribution in [1.29, 1.82) is 0 Å². The van der Waals surface area contributed by atoms with Crippen LogP contribution in [0.1, 0.15) is 17.5 Å². The molecule has 0 radical (unpaired) electrons. The van der Waals surface area contributed by atoms with Gasteiger partial charge in [0.25, 0.3) is 0 Å². The molecule has 1 aromatic carbocycles. The van der Waals surface area contributed by atoms with Crippen molar-refractivity contribution in [3.05, 3.63) is 48.0 Å². The summed E-state index contributed by atoms with van der Waals surface area (Å²) in [6.07, 6.45) is 4.22. The Morgan fingerprint density at radius 3 is 2.65 bits per heavy atom. The molecule has 0 atom stereocenters. The Morgan fingerprint density at radius 1 is 1.25 bits per heavy atom. The molecule has 0 saturated carbocycles. The van der Waals surface area contributed by atoms with E-state index in [1.807, 2.05) is 24.3 Å². The molecule has 0 aliphatic rings. The summed E-state index contributed by atoms with van der Waals surface area (Å²) < 4.78 is 1.63. The Hall–Kier alpha value is -2.21. The molecule has 106 valence electrons. The van der Waals surface area contributed by atoms with E-state index in [9.17, 15) is 4.79 Å². The fourth-order valence-corrected chi connectivity index (χ4v) is 1.81. The predicted molar refractivity (Wildman–Crippen MR) is 73.7 cm³/mol. The predicted octanol–water partition coefficient (Wildman–Crippen LogP) is 0.519. The first kappa shape index (κ1) is 14.2. The Balaban J connectivity index is 1.65. The largest absolute Gasteiger partial charge is 0.392 e. The molecule has 1 amide bonds. The maximum absolute atomic E-state index is 11.6. The molecular weight excluding hydrogens is 256 g/mol. The van der Waals surface area contributed by atoms with Gasteiger partial charge in [0.2, 0.25) is 5.91 Å². The number of amides is 1. The summed E-state index contributed by atoms with van der Waals surface area (Å²) in [4.78, 5) is 15.4. The first-order valence-electron chi connectivity index (χ1n) is 6.55. The van der Waals surface area contributed by atoms with Crippen LogP contribution in [0, 0.1) is 0 Å². The zero-order valence-corrected chi connectivity index (χ0v) is 11.2. The topological polar surface area (TPSA) is 80.0 Å². The van der Waals surface area contributed by atoms with Crippen LogP contribution in [0.4, 0.5) is 0 Å².